The summed E-state index contributed by atoms with van der Waals surface area (Å²) in [6.45, 7) is 0. The van der Waals surface area contributed by atoms with Gasteiger partial charge >= 0.3 is 24.2 Å². The average molecular weight is 448 g/mol. The molecule has 0 amide bonds. The Morgan fingerprint density at radius 3 is 1.84 bits per heavy atom. The van der Waals surface area contributed by atoms with Gasteiger partial charge in [-0.05, 0) is 22.0 Å². The summed E-state index contributed by atoms with van der Waals surface area (Å²) in [5.41, 5.74) is -2.25. The van der Waals surface area contributed by atoms with Gasteiger partial charge in [0, 0.05) is 6.20 Å². The van der Waals surface area contributed by atoms with Crippen molar-refractivity contribution < 1.29 is 43.9 Å². The second-order valence-corrected chi connectivity index (χ2v) is 5.23. The predicted molar refractivity (Wildman–Crippen MR) is 64.9 cm³/mol. The Labute approximate surface area is 139 Å². The van der Waals surface area contributed by atoms with Crippen molar-refractivity contribution in [1.82, 2.24) is 15.2 Å². The monoisotopic (exact) mass is 447 g/mol. The highest BCUT2D eigenvalue weighted by Gasteiger charge is 2.64. The summed E-state index contributed by atoms with van der Waals surface area (Å²) in [6.07, 6.45) is -11.8. The maximum absolute atomic E-state index is 13.4. The van der Waals surface area contributed by atoms with Crippen LogP contribution in [0, 0.1) is 0 Å². The molecule has 139 valence electrons. The molecule has 1 aliphatic rings. The molecule has 2 heterocycles. The van der Waals surface area contributed by atoms with Crippen LogP contribution in [0.3, 0.4) is 0 Å². The third kappa shape index (κ3) is 3.08. The fourth-order valence-corrected chi connectivity index (χ4v) is 2.05. The molecule has 0 bridgehead atoms. The molecule has 1 aromatic rings. The molecular weight excluding hydrogens is 446 g/mol. The number of aromatic nitrogens is 2. The number of hydrogen-bond donors (Lipinski definition) is 0. The highest BCUT2D eigenvalue weighted by atomic mass is 79.9. The van der Waals surface area contributed by atoms with Gasteiger partial charge in [-0.3, -0.25) is 0 Å². The largest absolute Gasteiger partial charge is 0.459 e. The summed E-state index contributed by atoms with van der Waals surface area (Å²) in [4.78, 5) is 0. The molecule has 25 heavy (non-hydrogen) atoms. The number of nitrogens with zero attached hydrogens (tertiary/aromatic N) is 4. The minimum Gasteiger partial charge on any atom is -0.235 e. The van der Waals surface area contributed by atoms with Crippen molar-refractivity contribution in [3.8, 4) is 0 Å². The van der Waals surface area contributed by atoms with E-state index in [0.717, 1.165) is 0 Å². The second-order valence-electron chi connectivity index (χ2n) is 4.48. The van der Waals surface area contributed by atoms with E-state index in [1.165, 1.54) is 0 Å². The molecule has 2 rings (SSSR count). The van der Waals surface area contributed by atoms with Crippen LogP contribution in [0.25, 0.3) is 5.70 Å². The molecule has 15 heteroatoms. The van der Waals surface area contributed by atoms with Gasteiger partial charge in [-0.25, -0.2) is 4.68 Å². The van der Waals surface area contributed by atoms with E-state index in [0.29, 0.717) is 6.20 Å². The predicted octanol–water partition coefficient (Wildman–Crippen LogP) is 4.23. The van der Waals surface area contributed by atoms with Crippen LogP contribution in [-0.2, 0) is 5.92 Å². The molecule has 0 aliphatic carbocycles. The van der Waals surface area contributed by atoms with Crippen LogP contribution < -0.4 is 5.43 Å². The summed E-state index contributed by atoms with van der Waals surface area (Å²) in [5.74, 6) is -11.0. The van der Waals surface area contributed by atoms with E-state index in [1.807, 2.05) is 0 Å². The highest BCUT2D eigenvalue weighted by molar-refractivity contribution is 9.11. The maximum atomic E-state index is 13.4. The van der Waals surface area contributed by atoms with Gasteiger partial charge in [0.25, 0.3) is 0 Å². The Morgan fingerprint density at radius 2 is 1.36 bits per heavy atom. The summed E-state index contributed by atoms with van der Waals surface area (Å²) >= 11 is 2.47. The molecule has 1 aromatic heterocycles. The summed E-state index contributed by atoms with van der Waals surface area (Å²) in [5, 5.41) is 5.36. The zero-order chi connectivity index (χ0) is 19.4. The number of rotatable bonds is 3. The van der Waals surface area contributed by atoms with Crippen molar-refractivity contribution in [1.29, 1.82) is 0 Å². The van der Waals surface area contributed by atoms with Crippen LogP contribution in [0.4, 0.5) is 43.9 Å². The minimum atomic E-state index is -6.11. The molecule has 0 atom stereocenters. The van der Waals surface area contributed by atoms with E-state index in [4.69, 9.17) is 0 Å². The molecule has 0 spiro atoms. The first-order valence-electron chi connectivity index (χ1n) is 5.75. The van der Waals surface area contributed by atoms with E-state index < -0.39 is 45.9 Å². The van der Waals surface area contributed by atoms with Crippen molar-refractivity contribution >= 4 is 27.3 Å². The van der Waals surface area contributed by atoms with E-state index in [9.17, 15) is 43.9 Å². The Bertz CT molecular complexity index is 742. The van der Waals surface area contributed by atoms with Gasteiger partial charge in [-0.2, -0.15) is 49.0 Å². The number of allylic oxidation sites excluding steroid dienone is 1. The van der Waals surface area contributed by atoms with Gasteiger partial charge < -0.3 is 0 Å². The molecule has 4 nitrogen and oxygen atoms in total. The Morgan fingerprint density at radius 1 is 0.840 bits per heavy atom. The summed E-state index contributed by atoms with van der Waals surface area (Å²) in [7, 11) is 0. The first-order chi connectivity index (χ1) is 11.1. The van der Waals surface area contributed by atoms with E-state index in [2.05, 4.69) is 31.6 Å². The lowest BCUT2D eigenvalue weighted by molar-refractivity contribution is -0.291. The van der Waals surface area contributed by atoms with Gasteiger partial charge in [0.15, 0.2) is 10.3 Å². The molecule has 1 radical (unpaired) electrons. The first-order valence-corrected chi connectivity index (χ1v) is 6.55. The smallest absolute Gasteiger partial charge is 0.235 e. The van der Waals surface area contributed by atoms with Crippen molar-refractivity contribution in [2.24, 2.45) is 5.10 Å². The molecule has 0 saturated heterocycles. The third-order valence-electron chi connectivity index (χ3n) is 2.81. The van der Waals surface area contributed by atoms with Crippen molar-refractivity contribution in [2.75, 3.05) is 0 Å². The lowest BCUT2D eigenvalue weighted by atomic mass is 10.1. The third-order valence-corrected chi connectivity index (χ3v) is 3.34. The summed E-state index contributed by atoms with van der Waals surface area (Å²) < 4.78 is 127. The SMILES string of the molecule is FC(F)(F)C(F)(F)C1=N[N]C(Br)=C1n1ccc(C(F)(F)C(F)(F)F)n1. The molecule has 0 unspecified atom stereocenters. The van der Waals surface area contributed by atoms with Gasteiger partial charge in [-0.1, -0.05) is 0 Å². The quantitative estimate of drug-likeness (QED) is 0.505. The van der Waals surface area contributed by atoms with Crippen molar-refractivity contribution in [3.63, 3.8) is 0 Å². The molecule has 1 aliphatic heterocycles. The van der Waals surface area contributed by atoms with E-state index in [1.54, 1.807) is 0 Å². The molecular formula is C10H2BrF10N4. The van der Waals surface area contributed by atoms with Crippen LogP contribution in [0.5, 0.6) is 0 Å². The van der Waals surface area contributed by atoms with Gasteiger partial charge in [0.1, 0.15) is 11.4 Å². The molecule has 0 aromatic carbocycles. The van der Waals surface area contributed by atoms with Crippen LogP contribution in [0.15, 0.2) is 22.0 Å². The van der Waals surface area contributed by atoms with E-state index >= 15 is 0 Å². The van der Waals surface area contributed by atoms with Crippen molar-refractivity contribution in [3.05, 3.63) is 22.6 Å². The van der Waals surface area contributed by atoms with Crippen molar-refractivity contribution in [2.45, 2.75) is 24.2 Å². The number of halogens is 11. The van der Waals surface area contributed by atoms with Crippen LogP contribution in [0.2, 0.25) is 0 Å². The Balaban J connectivity index is 2.49. The van der Waals surface area contributed by atoms with Crippen LogP contribution in [0.1, 0.15) is 5.69 Å². The molecule has 0 fully saturated rings. The standard InChI is InChI=1S/C10H2BrF10N4/c11-6-4(5(22-23-6)8(14,15)10(19,20)21)25-2-1-3(24-25)7(12,13)9(16,17)18/h1-2H. The van der Waals surface area contributed by atoms with E-state index in [-0.39, 0.29) is 10.7 Å². The summed E-state index contributed by atoms with van der Waals surface area (Å²) in [6, 6.07) is 0.114. The molecule has 0 N–H and O–H groups in total. The number of hydrogen-bond acceptors (Lipinski definition) is 2. The first kappa shape index (κ1) is 19.5. The van der Waals surface area contributed by atoms with Gasteiger partial charge in [-0.15, -0.1) is 10.5 Å². The van der Waals surface area contributed by atoms with Gasteiger partial charge in [0.05, 0.1) is 0 Å². The fraction of sp³-hybridized carbons (Fsp3) is 0.400. The Hall–Kier alpha value is -1.80. The maximum Gasteiger partial charge on any atom is 0.459 e. The Kier molecular flexibility index (Phi) is 4.38. The van der Waals surface area contributed by atoms with Gasteiger partial charge in [0.2, 0.25) is 0 Å². The van der Waals surface area contributed by atoms with Crippen LogP contribution >= 0.6 is 15.9 Å². The minimum absolute atomic E-state index is 0.0337. The highest BCUT2D eigenvalue weighted by Crippen LogP contribution is 2.44. The lowest BCUT2D eigenvalue weighted by Gasteiger charge is -2.20. The zero-order valence-electron chi connectivity index (χ0n) is 11.1. The average Bonchev–Trinajstić information content (AvgIpc) is 3.02. The number of alkyl halides is 10. The second kappa shape index (κ2) is 5.60. The zero-order valence-corrected chi connectivity index (χ0v) is 12.7. The topological polar surface area (TPSA) is 44.3 Å². The molecule has 0 saturated carbocycles. The normalized spacial score (nSPS) is 17.0. The lowest BCUT2D eigenvalue weighted by Crippen LogP contribution is -2.44. The fourth-order valence-electron chi connectivity index (χ4n) is 1.60. The van der Waals surface area contributed by atoms with Crippen LogP contribution in [-0.4, -0.2) is 33.8 Å².